The molecule has 1 saturated heterocycles. The summed E-state index contributed by atoms with van der Waals surface area (Å²) < 4.78 is 44.1. The summed E-state index contributed by atoms with van der Waals surface area (Å²) in [5, 5.41) is 3.03. The van der Waals surface area contributed by atoms with Crippen LogP contribution >= 0.6 is 11.6 Å². The Bertz CT molecular complexity index is 428. The molecule has 1 atom stereocenters. The van der Waals surface area contributed by atoms with Crippen LogP contribution in [-0.2, 0) is 10.9 Å². The summed E-state index contributed by atoms with van der Waals surface area (Å²) >= 11 is 5.90. The summed E-state index contributed by atoms with van der Waals surface area (Å²) in [7, 11) is 0. The first-order valence-corrected chi connectivity index (χ1v) is 6.56. The van der Waals surface area contributed by atoms with Gasteiger partial charge < -0.3 is 10.1 Å². The van der Waals surface area contributed by atoms with Gasteiger partial charge in [0.1, 0.15) is 0 Å². The molecule has 106 valence electrons. The molecule has 19 heavy (non-hydrogen) atoms. The molecule has 0 radical (unpaired) electrons. The average Bonchev–Trinajstić information content (AvgIpc) is 2.59. The Morgan fingerprint density at radius 3 is 2.74 bits per heavy atom. The maximum absolute atomic E-state index is 12.9. The molecule has 1 aromatic carbocycles. The molecule has 1 fully saturated rings. The number of hydrogen-bond donors (Lipinski definition) is 1. The maximum Gasteiger partial charge on any atom is 0.418 e. The zero-order chi connectivity index (χ0) is 13.9. The molecule has 0 saturated carbocycles. The molecular weight excluding hydrogens is 279 g/mol. The number of rotatable bonds is 2. The smallest absolute Gasteiger partial charge is 0.381 e. The quantitative estimate of drug-likeness (QED) is 0.876. The van der Waals surface area contributed by atoms with Crippen LogP contribution in [-0.4, -0.2) is 19.3 Å². The van der Waals surface area contributed by atoms with Crippen LogP contribution in [0.3, 0.4) is 0 Å². The van der Waals surface area contributed by atoms with Gasteiger partial charge >= 0.3 is 6.18 Å². The van der Waals surface area contributed by atoms with Crippen LogP contribution in [0.1, 0.15) is 24.8 Å². The molecule has 0 aromatic heterocycles. The lowest BCUT2D eigenvalue weighted by atomic mass is 10.1. The summed E-state index contributed by atoms with van der Waals surface area (Å²) in [5.41, 5.74) is -0.742. The molecule has 1 heterocycles. The molecule has 2 nitrogen and oxygen atoms in total. The highest BCUT2D eigenvalue weighted by molar-refractivity contribution is 6.33. The second-order valence-corrected chi connectivity index (χ2v) is 4.95. The summed E-state index contributed by atoms with van der Waals surface area (Å²) in [4.78, 5) is 0. The van der Waals surface area contributed by atoms with Crippen molar-refractivity contribution in [2.45, 2.75) is 31.5 Å². The average molecular weight is 294 g/mol. The molecule has 6 heteroatoms. The Labute approximate surface area is 114 Å². The van der Waals surface area contributed by atoms with Crippen molar-refractivity contribution in [1.82, 2.24) is 0 Å². The van der Waals surface area contributed by atoms with Crippen LogP contribution in [0.25, 0.3) is 0 Å². The van der Waals surface area contributed by atoms with E-state index in [4.69, 9.17) is 16.3 Å². The van der Waals surface area contributed by atoms with E-state index >= 15 is 0 Å². The molecule has 0 aliphatic carbocycles. The normalized spacial score (nSPS) is 20.9. The fourth-order valence-corrected chi connectivity index (χ4v) is 2.39. The summed E-state index contributed by atoms with van der Waals surface area (Å²) in [5.74, 6) is 0. The Hall–Kier alpha value is -0.940. The van der Waals surface area contributed by atoms with Crippen molar-refractivity contribution < 1.29 is 17.9 Å². The molecule has 1 aliphatic heterocycles. The number of benzene rings is 1. The van der Waals surface area contributed by atoms with Crippen molar-refractivity contribution in [3.63, 3.8) is 0 Å². The largest absolute Gasteiger partial charge is 0.418 e. The fourth-order valence-electron chi connectivity index (χ4n) is 2.16. The molecule has 0 amide bonds. The van der Waals surface area contributed by atoms with Crippen LogP contribution in [0.15, 0.2) is 18.2 Å². The van der Waals surface area contributed by atoms with Crippen LogP contribution in [0, 0.1) is 0 Å². The zero-order valence-electron chi connectivity index (χ0n) is 10.3. The third-order valence-corrected chi connectivity index (χ3v) is 3.43. The van der Waals surface area contributed by atoms with Crippen LogP contribution in [0.5, 0.6) is 0 Å². The molecule has 0 bridgehead atoms. The van der Waals surface area contributed by atoms with Crippen molar-refractivity contribution in [3.05, 3.63) is 28.8 Å². The second kappa shape index (κ2) is 6.01. The minimum Gasteiger partial charge on any atom is -0.381 e. The Morgan fingerprint density at radius 2 is 2.00 bits per heavy atom. The zero-order valence-corrected chi connectivity index (χ0v) is 11.0. The van der Waals surface area contributed by atoms with Gasteiger partial charge in [0.05, 0.1) is 16.3 Å². The molecule has 0 spiro atoms. The minimum atomic E-state index is -4.41. The third-order valence-electron chi connectivity index (χ3n) is 3.12. The molecule has 1 unspecified atom stereocenters. The lowest BCUT2D eigenvalue weighted by Crippen LogP contribution is -2.22. The van der Waals surface area contributed by atoms with Crippen molar-refractivity contribution in [2.75, 3.05) is 18.5 Å². The van der Waals surface area contributed by atoms with E-state index in [0.29, 0.717) is 19.6 Å². The highest BCUT2D eigenvalue weighted by Gasteiger charge is 2.34. The van der Waals surface area contributed by atoms with Gasteiger partial charge in [-0.3, -0.25) is 0 Å². The molecule has 1 aromatic rings. The standard InChI is InChI=1S/C13H15ClF3NO/c14-11-5-1-4-10(13(15,16)17)12(11)18-9-3-2-7-19-8-6-9/h1,4-5,9,18H,2-3,6-8H2. The fraction of sp³-hybridized carbons (Fsp3) is 0.538. The van der Waals surface area contributed by atoms with E-state index < -0.39 is 11.7 Å². The van der Waals surface area contributed by atoms with E-state index in [1.807, 2.05) is 0 Å². The Morgan fingerprint density at radius 1 is 1.21 bits per heavy atom. The first-order chi connectivity index (χ1) is 8.98. The van der Waals surface area contributed by atoms with E-state index in [1.54, 1.807) is 0 Å². The van der Waals surface area contributed by atoms with Gasteiger partial charge in [-0.05, 0) is 31.4 Å². The van der Waals surface area contributed by atoms with Gasteiger partial charge in [0.2, 0.25) is 0 Å². The van der Waals surface area contributed by atoms with Crippen molar-refractivity contribution in [1.29, 1.82) is 0 Å². The van der Waals surface area contributed by atoms with Gasteiger partial charge in [0.15, 0.2) is 0 Å². The van der Waals surface area contributed by atoms with Crippen molar-refractivity contribution >= 4 is 17.3 Å². The monoisotopic (exact) mass is 293 g/mol. The number of hydrogen-bond acceptors (Lipinski definition) is 2. The molecule has 1 aliphatic rings. The predicted molar refractivity (Wildman–Crippen MR) is 68.5 cm³/mol. The highest BCUT2D eigenvalue weighted by Crippen LogP contribution is 2.39. The molecular formula is C13H15ClF3NO. The Kier molecular flexibility index (Phi) is 4.58. The van der Waals surface area contributed by atoms with Crippen molar-refractivity contribution in [2.24, 2.45) is 0 Å². The summed E-state index contributed by atoms with van der Waals surface area (Å²) in [6.45, 7) is 1.22. The SMILES string of the molecule is FC(F)(F)c1cccc(Cl)c1NC1CCCOCC1. The van der Waals surface area contributed by atoms with Crippen LogP contribution < -0.4 is 5.32 Å². The van der Waals surface area contributed by atoms with E-state index in [0.717, 1.165) is 18.9 Å². The van der Waals surface area contributed by atoms with Gasteiger partial charge in [0.25, 0.3) is 0 Å². The van der Waals surface area contributed by atoms with Crippen molar-refractivity contribution in [3.8, 4) is 0 Å². The maximum atomic E-state index is 12.9. The van der Waals surface area contributed by atoms with Crippen LogP contribution in [0.2, 0.25) is 5.02 Å². The van der Waals surface area contributed by atoms with Crippen LogP contribution in [0.4, 0.5) is 18.9 Å². The summed E-state index contributed by atoms with van der Waals surface area (Å²) in [6.07, 6.45) is -2.11. The number of para-hydroxylation sites is 1. The third kappa shape index (κ3) is 3.76. The number of anilines is 1. The van der Waals surface area contributed by atoms with Gasteiger partial charge in [-0.15, -0.1) is 0 Å². The number of alkyl halides is 3. The Balaban J connectivity index is 2.23. The highest BCUT2D eigenvalue weighted by atomic mass is 35.5. The topological polar surface area (TPSA) is 21.3 Å². The number of nitrogens with one attached hydrogen (secondary N) is 1. The van der Waals surface area contributed by atoms with Gasteiger partial charge in [-0.1, -0.05) is 17.7 Å². The van der Waals surface area contributed by atoms with E-state index in [9.17, 15) is 13.2 Å². The number of halogens is 4. The number of ether oxygens (including phenoxy) is 1. The first kappa shape index (κ1) is 14.5. The molecule has 2 rings (SSSR count). The van der Waals surface area contributed by atoms with Gasteiger partial charge in [-0.25, -0.2) is 0 Å². The lowest BCUT2D eigenvalue weighted by Gasteiger charge is -2.21. The van der Waals surface area contributed by atoms with Gasteiger partial charge in [0, 0.05) is 19.3 Å². The summed E-state index contributed by atoms with van der Waals surface area (Å²) in [6, 6.07) is 3.78. The molecule has 1 N–H and O–H groups in total. The van der Waals surface area contributed by atoms with E-state index in [1.165, 1.54) is 12.1 Å². The van der Waals surface area contributed by atoms with Gasteiger partial charge in [-0.2, -0.15) is 13.2 Å². The lowest BCUT2D eigenvalue weighted by molar-refractivity contribution is -0.137. The second-order valence-electron chi connectivity index (χ2n) is 4.54. The van der Waals surface area contributed by atoms with E-state index in [-0.39, 0.29) is 16.8 Å². The predicted octanol–water partition coefficient (Wildman–Crippen LogP) is 4.34. The van der Waals surface area contributed by atoms with E-state index in [2.05, 4.69) is 5.32 Å². The minimum absolute atomic E-state index is 0.0245. The first-order valence-electron chi connectivity index (χ1n) is 6.18.